The van der Waals surface area contributed by atoms with Gasteiger partial charge in [-0.25, -0.2) is 10.2 Å². The molecule has 4 rings (SSSR count). The van der Waals surface area contributed by atoms with Crippen LogP contribution in [0.4, 0.5) is 5.69 Å². The van der Waals surface area contributed by atoms with E-state index in [9.17, 15) is 14.4 Å². The van der Waals surface area contributed by atoms with E-state index in [-0.39, 0.29) is 11.5 Å². The SMILES string of the molecule is O=C(N/N=C/c1cc(Cl)ccc1OC(=O)c1ccc(Cl)cc1)c1ccc(NC(=O)c2ccco2)cc1. The van der Waals surface area contributed by atoms with Crippen molar-refractivity contribution in [2.45, 2.75) is 0 Å². The third kappa shape index (κ3) is 6.38. The Kier molecular flexibility index (Phi) is 7.79. The number of carbonyl (C=O) groups is 3. The number of hydrazone groups is 1. The Balaban J connectivity index is 1.39. The minimum Gasteiger partial charge on any atom is -0.459 e. The molecule has 1 heterocycles. The van der Waals surface area contributed by atoms with Crippen molar-refractivity contribution in [1.82, 2.24) is 5.43 Å². The summed E-state index contributed by atoms with van der Waals surface area (Å²) < 4.78 is 10.5. The van der Waals surface area contributed by atoms with E-state index in [0.29, 0.717) is 32.4 Å². The van der Waals surface area contributed by atoms with Crippen molar-refractivity contribution in [2.24, 2.45) is 5.10 Å². The molecule has 10 heteroatoms. The number of rotatable bonds is 7. The second kappa shape index (κ2) is 11.4. The molecule has 0 aliphatic rings. The van der Waals surface area contributed by atoms with E-state index >= 15 is 0 Å². The summed E-state index contributed by atoms with van der Waals surface area (Å²) in [4.78, 5) is 36.9. The number of hydrogen-bond donors (Lipinski definition) is 2. The standard InChI is InChI=1S/C26H17Cl2N3O5/c27-19-7-3-17(4-8-19)26(34)36-22-12-9-20(28)14-18(22)15-29-31-24(32)16-5-10-21(11-6-16)30-25(33)23-2-1-13-35-23/h1-15H,(H,30,33)(H,31,32)/b29-15+. The molecule has 2 N–H and O–H groups in total. The summed E-state index contributed by atoms with van der Waals surface area (Å²) in [6, 6.07) is 20.2. The number of halogens is 2. The Labute approximate surface area is 215 Å². The normalized spacial score (nSPS) is 10.7. The van der Waals surface area contributed by atoms with Gasteiger partial charge in [-0.2, -0.15) is 5.10 Å². The molecule has 4 aromatic rings. The van der Waals surface area contributed by atoms with Gasteiger partial charge in [-0.05, 0) is 78.9 Å². The molecule has 180 valence electrons. The fraction of sp³-hybridized carbons (Fsp3) is 0. The molecule has 1 aromatic heterocycles. The second-order valence-electron chi connectivity index (χ2n) is 7.29. The monoisotopic (exact) mass is 521 g/mol. The largest absolute Gasteiger partial charge is 0.459 e. The summed E-state index contributed by atoms with van der Waals surface area (Å²) in [5.41, 5.74) is 3.89. The van der Waals surface area contributed by atoms with Gasteiger partial charge in [0.25, 0.3) is 11.8 Å². The molecule has 0 fully saturated rings. The molecule has 0 aliphatic heterocycles. The van der Waals surface area contributed by atoms with E-state index in [1.54, 1.807) is 54.6 Å². The van der Waals surface area contributed by atoms with Crippen molar-refractivity contribution in [3.05, 3.63) is 118 Å². The van der Waals surface area contributed by atoms with Crippen LogP contribution >= 0.6 is 23.2 Å². The Morgan fingerprint density at radius 1 is 0.833 bits per heavy atom. The van der Waals surface area contributed by atoms with Crippen LogP contribution in [0, 0.1) is 0 Å². The van der Waals surface area contributed by atoms with Crippen LogP contribution in [0.5, 0.6) is 5.75 Å². The lowest BCUT2D eigenvalue weighted by molar-refractivity contribution is 0.0734. The lowest BCUT2D eigenvalue weighted by atomic mass is 10.2. The van der Waals surface area contributed by atoms with Gasteiger partial charge in [-0.15, -0.1) is 0 Å². The quantitative estimate of drug-likeness (QED) is 0.138. The van der Waals surface area contributed by atoms with E-state index < -0.39 is 17.8 Å². The Hall–Kier alpha value is -4.40. The van der Waals surface area contributed by atoms with Crippen molar-refractivity contribution in [3.63, 3.8) is 0 Å². The molecule has 0 unspecified atom stereocenters. The molecule has 3 aromatic carbocycles. The van der Waals surface area contributed by atoms with E-state index in [4.69, 9.17) is 32.4 Å². The molecule has 0 atom stereocenters. The first kappa shape index (κ1) is 24.7. The van der Waals surface area contributed by atoms with Crippen LogP contribution in [0.3, 0.4) is 0 Å². The average Bonchev–Trinajstić information content (AvgIpc) is 3.42. The van der Waals surface area contributed by atoms with E-state index in [1.807, 2.05) is 0 Å². The molecular weight excluding hydrogens is 505 g/mol. The van der Waals surface area contributed by atoms with Crippen LogP contribution in [-0.2, 0) is 0 Å². The maximum Gasteiger partial charge on any atom is 0.343 e. The number of amides is 2. The number of hydrogen-bond acceptors (Lipinski definition) is 6. The molecule has 0 bridgehead atoms. The minimum atomic E-state index is -0.591. The van der Waals surface area contributed by atoms with Crippen LogP contribution in [-0.4, -0.2) is 24.0 Å². The molecule has 0 spiro atoms. The zero-order valence-corrected chi connectivity index (χ0v) is 19.9. The van der Waals surface area contributed by atoms with Gasteiger partial charge >= 0.3 is 5.97 Å². The maximum absolute atomic E-state index is 12.4. The van der Waals surface area contributed by atoms with Crippen molar-refractivity contribution in [2.75, 3.05) is 5.32 Å². The Bertz CT molecular complexity index is 1420. The van der Waals surface area contributed by atoms with E-state index in [1.165, 1.54) is 36.7 Å². The summed E-state index contributed by atoms with van der Waals surface area (Å²) in [7, 11) is 0. The molecule has 0 saturated carbocycles. The van der Waals surface area contributed by atoms with Gasteiger partial charge < -0.3 is 14.5 Å². The first-order valence-electron chi connectivity index (χ1n) is 10.4. The third-order valence-electron chi connectivity index (χ3n) is 4.77. The van der Waals surface area contributed by atoms with Crippen molar-refractivity contribution in [1.29, 1.82) is 0 Å². The first-order chi connectivity index (χ1) is 17.4. The summed E-state index contributed by atoms with van der Waals surface area (Å²) in [6.45, 7) is 0. The Morgan fingerprint density at radius 3 is 2.22 bits per heavy atom. The number of nitrogens with one attached hydrogen (secondary N) is 2. The van der Waals surface area contributed by atoms with Crippen molar-refractivity contribution in [3.8, 4) is 5.75 Å². The predicted molar refractivity (Wildman–Crippen MR) is 136 cm³/mol. The third-order valence-corrected chi connectivity index (χ3v) is 5.26. The Morgan fingerprint density at radius 2 is 1.53 bits per heavy atom. The number of anilines is 1. The van der Waals surface area contributed by atoms with Crippen LogP contribution in [0.1, 0.15) is 36.8 Å². The smallest absolute Gasteiger partial charge is 0.343 e. The fourth-order valence-corrected chi connectivity index (χ4v) is 3.29. The van der Waals surface area contributed by atoms with Crippen LogP contribution in [0.2, 0.25) is 10.0 Å². The van der Waals surface area contributed by atoms with Gasteiger partial charge in [0, 0.05) is 26.9 Å². The highest BCUT2D eigenvalue weighted by molar-refractivity contribution is 6.31. The molecule has 0 aliphatic carbocycles. The number of carbonyl (C=O) groups excluding carboxylic acids is 3. The number of ether oxygens (including phenoxy) is 1. The number of esters is 1. The number of furan rings is 1. The summed E-state index contributed by atoms with van der Waals surface area (Å²) in [6.07, 6.45) is 2.71. The summed E-state index contributed by atoms with van der Waals surface area (Å²) in [5.74, 6) is -1.11. The molecule has 2 amide bonds. The van der Waals surface area contributed by atoms with Gasteiger partial charge in [0.2, 0.25) is 0 Å². The summed E-state index contributed by atoms with van der Waals surface area (Å²) >= 11 is 11.9. The van der Waals surface area contributed by atoms with Crippen LogP contribution in [0.15, 0.2) is 94.6 Å². The van der Waals surface area contributed by atoms with Gasteiger partial charge in [-0.3, -0.25) is 9.59 Å². The summed E-state index contributed by atoms with van der Waals surface area (Å²) in [5, 5.41) is 7.49. The van der Waals surface area contributed by atoms with Crippen molar-refractivity contribution < 1.29 is 23.5 Å². The predicted octanol–water partition coefficient (Wildman–Crippen LogP) is 5.82. The van der Waals surface area contributed by atoms with E-state index in [0.717, 1.165) is 0 Å². The highest BCUT2D eigenvalue weighted by Gasteiger charge is 2.13. The number of benzene rings is 3. The fourth-order valence-electron chi connectivity index (χ4n) is 2.99. The molecule has 0 saturated heterocycles. The molecule has 36 heavy (non-hydrogen) atoms. The van der Waals surface area contributed by atoms with Crippen molar-refractivity contribution >= 4 is 52.9 Å². The first-order valence-corrected chi connectivity index (χ1v) is 11.2. The topological polar surface area (TPSA) is 110 Å². The van der Waals surface area contributed by atoms with Gasteiger partial charge in [0.15, 0.2) is 5.76 Å². The lowest BCUT2D eigenvalue weighted by Crippen LogP contribution is -2.18. The van der Waals surface area contributed by atoms with Gasteiger partial charge in [0.05, 0.1) is 18.0 Å². The van der Waals surface area contributed by atoms with E-state index in [2.05, 4.69) is 15.8 Å². The molecule has 8 nitrogen and oxygen atoms in total. The van der Waals surface area contributed by atoms with Crippen LogP contribution in [0.25, 0.3) is 0 Å². The highest BCUT2D eigenvalue weighted by Crippen LogP contribution is 2.23. The number of nitrogens with zero attached hydrogens (tertiary/aromatic N) is 1. The average molecular weight is 522 g/mol. The lowest BCUT2D eigenvalue weighted by Gasteiger charge is -2.08. The zero-order chi connectivity index (χ0) is 25.5. The molecule has 0 radical (unpaired) electrons. The minimum absolute atomic E-state index is 0.172. The van der Waals surface area contributed by atoms with Crippen LogP contribution < -0.4 is 15.5 Å². The highest BCUT2D eigenvalue weighted by atomic mass is 35.5. The van der Waals surface area contributed by atoms with Gasteiger partial charge in [-0.1, -0.05) is 23.2 Å². The second-order valence-corrected chi connectivity index (χ2v) is 8.16. The maximum atomic E-state index is 12.4. The zero-order valence-electron chi connectivity index (χ0n) is 18.4. The van der Waals surface area contributed by atoms with Gasteiger partial charge in [0.1, 0.15) is 5.75 Å². The molecular formula is C26H17Cl2N3O5.